The normalized spacial score (nSPS) is 18.4. The minimum absolute atomic E-state index is 0.0409. The SMILES string of the molecule is Cc1cccc(NC(=O)N2CCN(Cc3noc(C4CC4)n3)CC2)c1. The van der Waals surface area contributed by atoms with Crippen LogP contribution in [0.25, 0.3) is 0 Å². The van der Waals surface area contributed by atoms with Gasteiger partial charge in [-0.3, -0.25) is 4.90 Å². The summed E-state index contributed by atoms with van der Waals surface area (Å²) in [5, 5.41) is 7.04. The second-order valence-electron chi connectivity index (χ2n) is 6.89. The van der Waals surface area contributed by atoms with Crippen molar-refractivity contribution in [2.45, 2.75) is 32.2 Å². The standard InChI is InChI=1S/C18H23N5O2/c1-13-3-2-4-15(11-13)19-18(24)23-9-7-22(8-10-23)12-16-20-17(25-21-16)14-5-6-14/h2-4,11,14H,5-10,12H2,1H3,(H,19,24). The molecule has 1 N–H and O–H groups in total. The predicted molar refractivity (Wildman–Crippen MR) is 93.3 cm³/mol. The van der Waals surface area contributed by atoms with E-state index in [0.717, 1.165) is 48.9 Å². The lowest BCUT2D eigenvalue weighted by atomic mass is 10.2. The van der Waals surface area contributed by atoms with E-state index in [1.54, 1.807) is 0 Å². The number of hydrogen-bond acceptors (Lipinski definition) is 5. The quantitative estimate of drug-likeness (QED) is 0.925. The monoisotopic (exact) mass is 341 g/mol. The molecule has 4 rings (SSSR count). The summed E-state index contributed by atoms with van der Waals surface area (Å²) in [7, 11) is 0. The highest BCUT2D eigenvalue weighted by atomic mass is 16.5. The first-order valence-corrected chi connectivity index (χ1v) is 8.85. The van der Waals surface area contributed by atoms with Gasteiger partial charge in [0.2, 0.25) is 5.89 Å². The number of nitrogens with zero attached hydrogens (tertiary/aromatic N) is 4. The number of carbonyl (C=O) groups is 1. The number of nitrogens with one attached hydrogen (secondary N) is 1. The van der Waals surface area contributed by atoms with E-state index in [-0.39, 0.29) is 6.03 Å². The molecule has 2 amide bonds. The highest BCUT2D eigenvalue weighted by molar-refractivity contribution is 5.89. The Labute approximate surface area is 147 Å². The van der Waals surface area contributed by atoms with E-state index < -0.39 is 0 Å². The average molecular weight is 341 g/mol. The third kappa shape index (κ3) is 3.99. The van der Waals surface area contributed by atoms with Crippen molar-refractivity contribution < 1.29 is 9.32 Å². The van der Waals surface area contributed by atoms with Crippen molar-refractivity contribution >= 4 is 11.7 Å². The van der Waals surface area contributed by atoms with E-state index in [0.29, 0.717) is 25.6 Å². The summed E-state index contributed by atoms with van der Waals surface area (Å²) in [6.07, 6.45) is 2.33. The Morgan fingerprint density at radius 1 is 1.28 bits per heavy atom. The molecule has 2 aromatic rings. The molecule has 1 aromatic heterocycles. The third-order valence-electron chi connectivity index (χ3n) is 4.70. The van der Waals surface area contributed by atoms with Crippen LogP contribution in [-0.2, 0) is 6.54 Å². The maximum Gasteiger partial charge on any atom is 0.321 e. The van der Waals surface area contributed by atoms with E-state index in [1.165, 1.54) is 0 Å². The second kappa shape index (κ2) is 6.84. The van der Waals surface area contributed by atoms with Gasteiger partial charge in [-0.15, -0.1) is 0 Å². The van der Waals surface area contributed by atoms with Crippen LogP contribution >= 0.6 is 0 Å². The van der Waals surface area contributed by atoms with Crippen LogP contribution in [0.5, 0.6) is 0 Å². The minimum atomic E-state index is -0.0409. The van der Waals surface area contributed by atoms with Gasteiger partial charge in [-0.05, 0) is 37.5 Å². The molecule has 132 valence electrons. The fraction of sp³-hybridized carbons (Fsp3) is 0.500. The maximum absolute atomic E-state index is 12.4. The number of anilines is 1. The number of aryl methyl sites for hydroxylation is 1. The minimum Gasteiger partial charge on any atom is -0.339 e. The number of carbonyl (C=O) groups excluding carboxylic acids is 1. The van der Waals surface area contributed by atoms with Gasteiger partial charge in [0.1, 0.15) is 0 Å². The summed E-state index contributed by atoms with van der Waals surface area (Å²) in [4.78, 5) is 21.0. The first-order valence-electron chi connectivity index (χ1n) is 8.85. The molecule has 1 aliphatic heterocycles. The summed E-state index contributed by atoms with van der Waals surface area (Å²) >= 11 is 0. The zero-order chi connectivity index (χ0) is 17.2. The molecule has 2 heterocycles. The largest absolute Gasteiger partial charge is 0.339 e. The molecule has 0 spiro atoms. The zero-order valence-electron chi connectivity index (χ0n) is 14.4. The fourth-order valence-electron chi connectivity index (χ4n) is 3.06. The van der Waals surface area contributed by atoms with Gasteiger partial charge in [0.25, 0.3) is 0 Å². The molecular formula is C18H23N5O2. The Balaban J connectivity index is 1.26. The molecule has 1 saturated carbocycles. The van der Waals surface area contributed by atoms with Crippen LogP contribution in [0.4, 0.5) is 10.5 Å². The molecule has 2 aliphatic rings. The van der Waals surface area contributed by atoms with Crippen molar-refractivity contribution in [3.63, 3.8) is 0 Å². The van der Waals surface area contributed by atoms with Crippen molar-refractivity contribution in [1.82, 2.24) is 19.9 Å². The van der Waals surface area contributed by atoms with Gasteiger partial charge < -0.3 is 14.7 Å². The smallest absolute Gasteiger partial charge is 0.321 e. The van der Waals surface area contributed by atoms with Crippen molar-refractivity contribution in [3.05, 3.63) is 41.5 Å². The van der Waals surface area contributed by atoms with Crippen LogP contribution in [0.2, 0.25) is 0 Å². The fourth-order valence-corrected chi connectivity index (χ4v) is 3.06. The molecule has 7 nitrogen and oxygen atoms in total. The van der Waals surface area contributed by atoms with Crippen LogP contribution in [-0.4, -0.2) is 52.2 Å². The molecule has 0 atom stereocenters. The Morgan fingerprint density at radius 2 is 2.08 bits per heavy atom. The highest BCUT2D eigenvalue weighted by Gasteiger charge is 2.30. The molecule has 25 heavy (non-hydrogen) atoms. The van der Waals surface area contributed by atoms with Gasteiger partial charge in [-0.25, -0.2) is 4.79 Å². The molecule has 0 bridgehead atoms. The summed E-state index contributed by atoms with van der Waals surface area (Å²) in [6.45, 7) is 5.73. The number of hydrogen-bond donors (Lipinski definition) is 1. The van der Waals surface area contributed by atoms with Crippen molar-refractivity contribution in [2.24, 2.45) is 0 Å². The maximum atomic E-state index is 12.4. The summed E-state index contributed by atoms with van der Waals surface area (Å²) in [5.41, 5.74) is 1.97. The van der Waals surface area contributed by atoms with Gasteiger partial charge in [0.15, 0.2) is 5.82 Å². The number of rotatable bonds is 4. The molecule has 1 aromatic carbocycles. The van der Waals surface area contributed by atoms with E-state index in [1.807, 2.05) is 36.1 Å². The van der Waals surface area contributed by atoms with Crippen LogP contribution in [0.1, 0.15) is 36.0 Å². The number of urea groups is 1. The number of aromatic nitrogens is 2. The predicted octanol–water partition coefficient (Wildman–Crippen LogP) is 2.61. The Hall–Kier alpha value is -2.41. The molecule has 1 saturated heterocycles. The molecule has 2 fully saturated rings. The van der Waals surface area contributed by atoms with Crippen LogP contribution in [0, 0.1) is 6.92 Å². The summed E-state index contributed by atoms with van der Waals surface area (Å²) in [6, 6.07) is 7.81. The summed E-state index contributed by atoms with van der Waals surface area (Å²) < 4.78 is 5.30. The molecular weight excluding hydrogens is 318 g/mol. The van der Waals surface area contributed by atoms with E-state index in [9.17, 15) is 4.79 Å². The lowest BCUT2D eigenvalue weighted by molar-refractivity contribution is 0.140. The van der Waals surface area contributed by atoms with Crippen molar-refractivity contribution in [1.29, 1.82) is 0 Å². The average Bonchev–Trinajstić information content (AvgIpc) is 3.35. The Bertz CT molecular complexity index is 747. The first kappa shape index (κ1) is 16.1. The van der Waals surface area contributed by atoms with Crippen LogP contribution < -0.4 is 5.32 Å². The Kier molecular flexibility index (Phi) is 4.40. The van der Waals surface area contributed by atoms with Gasteiger partial charge in [0, 0.05) is 37.8 Å². The van der Waals surface area contributed by atoms with E-state index in [2.05, 4.69) is 20.4 Å². The van der Waals surface area contributed by atoms with E-state index >= 15 is 0 Å². The lowest BCUT2D eigenvalue weighted by Crippen LogP contribution is -2.49. The third-order valence-corrected chi connectivity index (χ3v) is 4.70. The lowest BCUT2D eigenvalue weighted by Gasteiger charge is -2.34. The van der Waals surface area contributed by atoms with Crippen LogP contribution in [0.15, 0.2) is 28.8 Å². The molecule has 0 unspecified atom stereocenters. The second-order valence-corrected chi connectivity index (χ2v) is 6.89. The van der Waals surface area contributed by atoms with Gasteiger partial charge in [-0.2, -0.15) is 4.98 Å². The van der Waals surface area contributed by atoms with Crippen LogP contribution in [0.3, 0.4) is 0 Å². The highest BCUT2D eigenvalue weighted by Crippen LogP contribution is 2.38. The Morgan fingerprint density at radius 3 is 2.80 bits per heavy atom. The van der Waals surface area contributed by atoms with E-state index in [4.69, 9.17) is 4.52 Å². The van der Waals surface area contributed by atoms with Gasteiger partial charge in [-0.1, -0.05) is 17.3 Å². The van der Waals surface area contributed by atoms with Crippen molar-refractivity contribution in [3.8, 4) is 0 Å². The van der Waals surface area contributed by atoms with Gasteiger partial charge in [0.05, 0.1) is 6.54 Å². The number of amides is 2. The summed E-state index contributed by atoms with van der Waals surface area (Å²) in [5.74, 6) is 2.02. The molecule has 0 radical (unpaired) electrons. The zero-order valence-corrected chi connectivity index (χ0v) is 14.4. The number of benzene rings is 1. The number of piperazine rings is 1. The molecule has 1 aliphatic carbocycles. The first-order chi connectivity index (χ1) is 12.2. The topological polar surface area (TPSA) is 74.5 Å². The van der Waals surface area contributed by atoms with Gasteiger partial charge >= 0.3 is 6.03 Å². The van der Waals surface area contributed by atoms with Crippen molar-refractivity contribution in [2.75, 3.05) is 31.5 Å². The molecule has 7 heteroatoms.